The minimum Gasteiger partial charge on any atom is -0.325 e. The molecule has 2 fully saturated rings. The number of hydrogen-bond acceptors (Lipinski definition) is 1. The maximum Gasteiger partial charge on any atom is 0.114 e. The number of halogens is 2. The van der Waals surface area contributed by atoms with Crippen molar-refractivity contribution in [2.75, 3.05) is 0 Å². The minimum atomic E-state index is -1.00. The van der Waals surface area contributed by atoms with Crippen LogP contribution in [0.1, 0.15) is 55.1 Å². The fourth-order valence-electron chi connectivity index (χ4n) is 4.79. The van der Waals surface area contributed by atoms with Gasteiger partial charge in [-0.1, -0.05) is 24.3 Å². The van der Waals surface area contributed by atoms with Gasteiger partial charge in [-0.15, -0.1) is 12.4 Å². The first-order valence-electron chi connectivity index (χ1n) is 6.64. The molecule has 0 aromatic heterocycles. The first-order chi connectivity index (χ1) is 8.07. The second-order valence-electron chi connectivity index (χ2n) is 6.53. The molecule has 98 valence electrons. The molecule has 18 heavy (non-hydrogen) atoms. The van der Waals surface area contributed by atoms with Crippen LogP contribution in [-0.4, -0.2) is 11.2 Å². The Balaban J connectivity index is 0.000001000. The summed E-state index contributed by atoms with van der Waals surface area (Å²) in [5, 5.41) is 0. The lowest BCUT2D eigenvalue weighted by molar-refractivity contribution is 0.00318. The number of benzene rings is 1. The molecule has 0 saturated heterocycles. The van der Waals surface area contributed by atoms with Gasteiger partial charge >= 0.3 is 0 Å². The van der Waals surface area contributed by atoms with E-state index in [9.17, 15) is 4.39 Å². The molecule has 0 heterocycles. The van der Waals surface area contributed by atoms with Crippen molar-refractivity contribution >= 4 is 12.4 Å². The third-order valence-corrected chi connectivity index (χ3v) is 5.07. The molecule has 4 aliphatic carbocycles. The number of nitrogens with two attached hydrogens (primary N) is 1. The maximum atomic E-state index is 14.9. The van der Waals surface area contributed by atoms with E-state index in [2.05, 4.69) is 24.3 Å². The normalized spacial score (nSPS) is 44.1. The van der Waals surface area contributed by atoms with Crippen molar-refractivity contribution in [3.63, 3.8) is 0 Å². The topological polar surface area (TPSA) is 26.0 Å². The Hall–Kier alpha value is -0.600. The highest BCUT2D eigenvalue weighted by atomic mass is 35.5. The molecule has 5 rings (SSSR count). The van der Waals surface area contributed by atoms with Crippen molar-refractivity contribution in [1.82, 2.24) is 0 Å². The predicted molar refractivity (Wildman–Crippen MR) is 73.0 cm³/mol. The summed E-state index contributed by atoms with van der Waals surface area (Å²) in [5.74, 6) is 0.699. The van der Waals surface area contributed by atoms with Gasteiger partial charge in [0.05, 0.1) is 0 Å². The minimum absolute atomic E-state index is 0. The van der Waals surface area contributed by atoms with Crippen LogP contribution in [0.4, 0.5) is 4.39 Å². The fraction of sp³-hybridized carbons (Fsp3) is 0.600. The lowest BCUT2D eigenvalue weighted by Crippen LogP contribution is -2.55. The van der Waals surface area contributed by atoms with Gasteiger partial charge < -0.3 is 5.73 Å². The standard InChI is InChI=1S/C15H18FN.ClH/c16-14-5-10-7-15(17,9-14)8-11(6-14)13-4-2-1-3-12(10)13;/h1-4,10-11H,5-9,17H2;1H. The molecular weight excluding hydrogens is 249 g/mol. The molecule has 2 unspecified atom stereocenters. The molecule has 1 aromatic rings. The van der Waals surface area contributed by atoms with Gasteiger partial charge in [-0.3, -0.25) is 0 Å². The molecule has 0 aliphatic heterocycles. The van der Waals surface area contributed by atoms with Crippen molar-refractivity contribution < 1.29 is 4.39 Å². The number of rotatable bonds is 0. The van der Waals surface area contributed by atoms with Crippen LogP contribution < -0.4 is 5.73 Å². The monoisotopic (exact) mass is 267 g/mol. The van der Waals surface area contributed by atoms with Crippen molar-refractivity contribution in [1.29, 1.82) is 0 Å². The summed E-state index contributed by atoms with van der Waals surface area (Å²) in [6.07, 6.45) is 3.93. The molecule has 0 amide bonds. The van der Waals surface area contributed by atoms with Gasteiger partial charge in [0.1, 0.15) is 5.67 Å². The van der Waals surface area contributed by atoms with Gasteiger partial charge in [-0.2, -0.15) is 0 Å². The summed E-state index contributed by atoms with van der Waals surface area (Å²) in [6, 6.07) is 8.55. The molecule has 2 N–H and O–H groups in total. The molecule has 4 bridgehead atoms. The van der Waals surface area contributed by atoms with Gasteiger partial charge in [0, 0.05) is 5.54 Å². The van der Waals surface area contributed by atoms with Gasteiger partial charge in [-0.05, 0) is 55.1 Å². The van der Waals surface area contributed by atoms with Gasteiger partial charge in [0.25, 0.3) is 0 Å². The first-order valence-corrected chi connectivity index (χ1v) is 6.64. The van der Waals surface area contributed by atoms with Crippen LogP contribution in [-0.2, 0) is 0 Å². The van der Waals surface area contributed by atoms with Crippen molar-refractivity contribution in [2.45, 2.75) is 55.1 Å². The zero-order valence-corrected chi connectivity index (χ0v) is 11.2. The van der Waals surface area contributed by atoms with Crippen LogP contribution >= 0.6 is 12.4 Å². The third-order valence-electron chi connectivity index (χ3n) is 5.07. The van der Waals surface area contributed by atoms with Gasteiger partial charge in [0.2, 0.25) is 0 Å². The molecule has 3 heteroatoms. The lowest BCUT2D eigenvalue weighted by Gasteiger charge is -2.49. The van der Waals surface area contributed by atoms with E-state index in [1.165, 1.54) is 11.1 Å². The van der Waals surface area contributed by atoms with Crippen LogP contribution in [0.5, 0.6) is 0 Å². The van der Waals surface area contributed by atoms with E-state index >= 15 is 0 Å². The maximum absolute atomic E-state index is 14.9. The highest BCUT2D eigenvalue weighted by Crippen LogP contribution is 2.59. The predicted octanol–water partition coefficient (Wildman–Crippen LogP) is 3.67. The number of alkyl halides is 1. The molecule has 0 spiro atoms. The van der Waals surface area contributed by atoms with Crippen LogP contribution in [0.25, 0.3) is 0 Å². The van der Waals surface area contributed by atoms with Gasteiger partial charge in [-0.25, -0.2) is 4.39 Å². The summed E-state index contributed by atoms with van der Waals surface area (Å²) in [6.45, 7) is 0. The average molecular weight is 268 g/mol. The highest BCUT2D eigenvalue weighted by Gasteiger charge is 2.55. The highest BCUT2D eigenvalue weighted by molar-refractivity contribution is 5.85. The lowest BCUT2D eigenvalue weighted by atomic mass is 9.61. The largest absolute Gasteiger partial charge is 0.325 e. The van der Waals surface area contributed by atoms with Crippen LogP contribution in [0.3, 0.4) is 0 Å². The van der Waals surface area contributed by atoms with Crippen molar-refractivity contribution in [3.05, 3.63) is 35.4 Å². The zero-order chi connectivity index (χ0) is 11.7. The summed E-state index contributed by atoms with van der Waals surface area (Å²) < 4.78 is 14.9. The summed E-state index contributed by atoms with van der Waals surface area (Å²) in [5.41, 5.74) is 7.95. The first kappa shape index (κ1) is 12.4. The van der Waals surface area contributed by atoms with Gasteiger partial charge in [0.15, 0.2) is 0 Å². The molecule has 1 nitrogen and oxygen atoms in total. The van der Waals surface area contributed by atoms with Crippen LogP contribution in [0.2, 0.25) is 0 Å². The second kappa shape index (κ2) is 3.71. The van der Waals surface area contributed by atoms with Crippen LogP contribution in [0.15, 0.2) is 24.3 Å². The SMILES string of the molecule is Cl.NC12CC3CC(F)(CC(C1)c1ccccc13)C2. The smallest absolute Gasteiger partial charge is 0.114 e. The molecule has 0 radical (unpaired) electrons. The van der Waals surface area contributed by atoms with E-state index in [0.29, 0.717) is 31.1 Å². The van der Waals surface area contributed by atoms with E-state index in [0.717, 1.165) is 12.8 Å². The summed E-state index contributed by atoms with van der Waals surface area (Å²) >= 11 is 0. The average Bonchev–Trinajstić information content (AvgIpc) is 2.38. The summed E-state index contributed by atoms with van der Waals surface area (Å²) in [4.78, 5) is 0. The number of hydrogen-bond donors (Lipinski definition) is 1. The molecule has 2 atom stereocenters. The van der Waals surface area contributed by atoms with E-state index < -0.39 is 5.67 Å². The Morgan fingerprint density at radius 2 is 1.50 bits per heavy atom. The van der Waals surface area contributed by atoms with E-state index in [4.69, 9.17) is 5.73 Å². The third kappa shape index (κ3) is 1.62. The Kier molecular flexibility index (Phi) is 2.56. The van der Waals surface area contributed by atoms with Crippen molar-refractivity contribution in [3.8, 4) is 0 Å². The van der Waals surface area contributed by atoms with Crippen molar-refractivity contribution in [2.24, 2.45) is 5.73 Å². The quantitative estimate of drug-likeness (QED) is 0.763. The van der Waals surface area contributed by atoms with E-state index in [1.54, 1.807) is 0 Å². The van der Waals surface area contributed by atoms with E-state index in [-0.39, 0.29) is 17.9 Å². The molecule has 1 aromatic carbocycles. The van der Waals surface area contributed by atoms with E-state index in [1.807, 2.05) is 0 Å². The molecule has 2 saturated carbocycles. The molecular formula is C15H19ClFN. The Morgan fingerprint density at radius 1 is 1.00 bits per heavy atom. The molecule has 4 aliphatic rings. The Bertz CT molecular complexity index is 432. The van der Waals surface area contributed by atoms with Crippen LogP contribution in [0, 0.1) is 0 Å². The Labute approximate surface area is 113 Å². The summed E-state index contributed by atoms with van der Waals surface area (Å²) in [7, 11) is 0. The zero-order valence-electron chi connectivity index (χ0n) is 10.4. The fourth-order valence-corrected chi connectivity index (χ4v) is 4.79. The second-order valence-corrected chi connectivity index (χ2v) is 6.53. The Morgan fingerprint density at radius 3 is 1.94 bits per heavy atom.